The summed E-state index contributed by atoms with van der Waals surface area (Å²) in [5.41, 5.74) is 6.15. The van der Waals surface area contributed by atoms with E-state index in [4.69, 9.17) is 5.73 Å². The average Bonchev–Trinajstić information content (AvgIpc) is 1.65. The second-order valence-corrected chi connectivity index (χ2v) is 1.20. The van der Waals surface area contributed by atoms with Gasteiger partial charge in [0, 0.05) is 6.54 Å². The van der Waals surface area contributed by atoms with Crippen LogP contribution in [0.2, 0.25) is 0 Å². The maximum atomic E-state index is 5.14. The van der Waals surface area contributed by atoms with E-state index in [1.54, 1.807) is 0 Å². The SMILES string of the molecule is C=C(C[CH2+])CN. The Bertz CT molecular complexity index is 41.9. The molecule has 0 spiro atoms. The Hall–Kier alpha value is -0.430. The van der Waals surface area contributed by atoms with Crippen LogP contribution >= 0.6 is 0 Å². The zero-order valence-electron chi connectivity index (χ0n) is 3.91. The van der Waals surface area contributed by atoms with E-state index in [0.29, 0.717) is 6.54 Å². The fraction of sp³-hybridized carbons (Fsp3) is 0.400. The van der Waals surface area contributed by atoms with Crippen LogP contribution in [0.5, 0.6) is 0 Å². The van der Waals surface area contributed by atoms with Gasteiger partial charge in [0.25, 0.3) is 0 Å². The lowest BCUT2D eigenvalue weighted by Crippen LogP contribution is -1.99. The Morgan fingerprint density at radius 1 is 1.83 bits per heavy atom. The van der Waals surface area contributed by atoms with Crippen molar-refractivity contribution in [3.8, 4) is 0 Å². The maximum absolute atomic E-state index is 5.14. The van der Waals surface area contributed by atoms with Gasteiger partial charge in [-0.15, -0.1) is 0 Å². The molecule has 0 aliphatic heterocycles. The second-order valence-electron chi connectivity index (χ2n) is 1.20. The van der Waals surface area contributed by atoms with Gasteiger partial charge in [-0.3, -0.25) is 0 Å². The Labute approximate surface area is 38.8 Å². The number of rotatable bonds is 2. The first kappa shape index (κ1) is 5.57. The standard InChI is InChI=1S/C5H10N/c1-3-5(2)4-6/h1-4,6H2/q+1. The summed E-state index contributed by atoms with van der Waals surface area (Å²) in [5, 5.41) is 0. The van der Waals surface area contributed by atoms with Crippen molar-refractivity contribution in [1.82, 2.24) is 0 Å². The van der Waals surface area contributed by atoms with Gasteiger partial charge in [-0.05, 0) is 5.57 Å². The first-order chi connectivity index (χ1) is 2.81. The van der Waals surface area contributed by atoms with E-state index in [0.717, 1.165) is 12.0 Å². The fourth-order valence-electron chi connectivity index (χ4n) is 0.102. The van der Waals surface area contributed by atoms with Crippen molar-refractivity contribution < 1.29 is 0 Å². The van der Waals surface area contributed by atoms with E-state index < -0.39 is 0 Å². The van der Waals surface area contributed by atoms with E-state index in [1.165, 1.54) is 0 Å². The molecule has 0 aliphatic rings. The molecule has 0 atom stereocenters. The van der Waals surface area contributed by atoms with Crippen LogP contribution < -0.4 is 5.73 Å². The predicted molar refractivity (Wildman–Crippen MR) is 28.2 cm³/mol. The molecule has 0 aliphatic carbocycles. The summed E-state index contributed by atoms with van der Waals surface area (Å²) in [6.07, 6.45) is 0.760. The summed E-state index contributed by atoms with van der Waals surface area (Å²) in [4.78, 5) is 0. The molecule has 0 radical (unpaired) electrons. The molecular weight excluding hydrogens is 74.1 g/mol. The van der Waals surface area contributed by atoms with Gasteiger partial charge in [0.05, 0.1) is 6.92 Å². The van der Waals surface area contributed by atoms with Crippen molar-refractivity contribution in [2.75, 3.05) is 6.54 Å². The second kappa shape index (κ2) is 2.79. The highest BCUT2D eigenvalue weighted by Gasteiger charge is 1.84. The van der Waals surface area contributed by atoms with Gasteiger partial charge in [-0.1, -0.05) is 6.58 Å². The number of hydrogen-bond acceptors (Lipinski definition) is 1. The van der Waals surface area contributed by atoms with Gasteiger partial charge in [-0.25, -0.2) is 0 Å². The van der Waals surface area contributed by atoms with Crippen LogP contribution in [-0.4, -0.2) is 6.54 Å². The summed E-state index contributed by atoms with van der Waals surface area (Å²) < 4.78 is 0. The van der Waals surface area contributed by atoms with Crippen LogP contribution in [0.4, 0.5) is 0 Å². The van der Waals surface area contributed by atoms with E-state index in [9.17, 15) is 0 Å². The molecule has 0 unspecified atom stereocenters. The van der Waals surface area contributed by atoms with E-state index >= 15 is 0 Å². The largest absolute Gasteiger partial charge is 0.327 e. The minimum Gasteiger partial charge on any atom is -0.327 e. The third kappa shape index (κ3) is 1.85. The molecule has 0 amide bonds. The lowest BCUT2D eigenvalue weighted by atomic mass is 10.2. The first-order valence-electron chi connectivity index (χ1n) is 1.97. The molecule has 1 heteroatoms. The molecule has 0 rings (SSSR count). The lowest BCUT2D eigenvalue weighted by molar-refractivity contribution is 1.08. The monoisotopic (exact) mass is 84.1 g/mol. The Balaban J connectivity index is 2.99. The Kier molecular flexibility index (Phi) is 2.59. The van der Waals surface area contributed by atoms with Crippen LogP contribution in [0, 0.1) is 6.92 Å². The molecule has 2 N–H and O–H groups in total. The minimum atomic E-state index is 0.573. The predicted octanol–water partition coefficient (Wildman–Crippen LogP) is 0.725. The smallest absolute Gasteiger partial charge is 0.107 e. The molecule has 6 heavy (non-hydrogen) atoms. The van der Waals surface area contributed by atoms with Gasteiger partial charge in [0.15, 0.2) is 0 Å². The summed E-state index contributed by atoms with van der Waals surface area (Å²) in [5.74, 6) is 0. The van der Waals surface area contributed by atoms with E-state index in [2.05, 4.69) is 13.5 Å². The van der Waals surface area contributed by atoms with Gasteiger partial charge >= 0.3 is 0 Å². The minimum absolute atomic E-state index is 0.573. The fourth-order valence-corrected chi connectivity index (χ4v) is 0.102. The summed E-state index contributed by atoms with van der Waals surface area (Å²) in [7, 11) is 0. The zero-order chi connectivity index (χ0) is 4.99. The molecule has 0 bridgehead atoms. The molecule has 34 valence electrons. The summed E-state index contributed by atoms with van der Waals surface area (Å²) in [6, 6.07) is 0. The molecule has 0 saturated heterocycles. The Morgan fingerprint density at radius 2 is 2.33 bits per heavy atom. The molecule has 0 fully saturated rings. The van der Waals surface area contributed by atoms with Gasteiger partial charge in [-0.2, -0.15) is 0 Å². The van der Waals surface area contributed by atoms with Gasteiger partial charge in [0.2, 0.25) is 0 Å². The average molecular weight is 84.1 g/mol. The summed E-state index contributed by atoms with van der Waals surface area (Å²) in [6.45, 7) is 7.75. The quantitative estimate of drug-likeness (QED) is 0.387. The van der Waals surface area contributed by atoms with Crippen molar-refractivity contribution in [2.24, 2.45) is 5.73 Å². The van der Waals surface area contributed by atoms with Gasteiger partial charge < -0.3 is 5.73 Å². The molecule has 0 saturated carbocycles. The number of hydrogen-bond donors (Lipinski definition) is 1. The Morgan fingerprint density at radius 3 is 2.33 bits per heavy atom. The highest BCUT2D eigenvalue weighted by molar-refractivity contribution is 4.95. The molecule has 0 heterocycles. The van der Waals surface area contributed by atoms with Crippen LogP contribution in [0.3, 0.4) is 0 Å². The maximum Gasteiger partial charge on any atom is 0.107 e. The van der Waals surface area contributed by atoms with Crippen LogP contribution in [0.25, 0.3) is 0 Å². The van der Waals surface area contributed by atoms with Crippen molar-refractivity contribution in [3.05, 3.63) is 19.1 Å². The third-order valence-corrected chi connectivity index (χ3v) is 0.642. The summed E-state index contributed by atoms with van der Waals surface area (Å²) >= 11 is 0. The van der Waals surface area contributed by atoms with Gasteiger partial charge in [0.1, 0.15) is 6.42 Å². The number of nitrogens with two attached hydrogens (primary N) is 1. The normalized spacial score (nSPS) is 8.17. The van der Waals surface area contributed by atoms with Crippen LogP contribution in [0.15, 0.2) is 12.2 Å². The van der Waals surface area contributed by atoms with E-state index in [-0.39, 0.29) is 0 Å². The molecule has 0 aromatic carbocycles. The first-order valence-corrected chi connectivity index (χ1v) is 1.97. The highest BCUT2D eigenvalue weighted by Crippen LogP contribution is 1.88. The van der Waals surface area contributed by atoms with Crippen LogP contribution in [0.1, 0.15) is 6.42 Å². The van der Waals surface area contributed by atoms with E-state index in [1.807, 2.05) is 0 Å². The molecule has 0 aromatic rings. The molecule has 1 nitrogen and oxygen atoms in total. The van der Waals surface area contributed by atoms with Crippen molar-refractivity contribution >= 4 is 0 Å². The lowest BCUT2D eigenvalue weighted by Gasteiger charge is -1.84. The molecule has 0 aromatic heterocycles. The van der Waals surface area contributed by atoms with Crippen molar-refractivity contribution in [3.63, 3.8) is 0 Å². The van der Waals surface area contributed by atoms with Crippen molar-refractivity contribution in [2.45, 2.75) is 6.42 Å². The third-order valence-electron chi connectivity index (χ3n) is 0.642. The zero-order valence-corrected chi connectivity index (χ0v) is 3.91. The topological polar surface area (TPSA) is 26.0 Å². The highest BCUT2D eigenvalue weighted by atomic mass is 14.5. The molecular formula is C5H10N+. The van der Waals surface area contributed by atoms with Crippen molar-refractivity contribution in [1.29, 1.82) is 0 Å². The van der Waals surface area contributed by atoms with Crippen LogP contribution in [-0.2, 0) is 0 Å².